The molecule has 3 aromatic rings. The van der Waals surface area contributed by atoms with E-state index in [4.69, 9.17) is 5.73 Å². The first-order valence-electron chi connectivity index (χ1n) is 9.65. The molecule has 1 aromatic heterocycles. The van der Waals surface area contributed by atoms with E-state index in [0.717, 1.165) is 5.56 Å². The molecule has 1 heterocycles. The highest BCUT2D eigenvalue weighted by Crippen LogP contribution is 2.14. The zero-order valence-corrected chi connectivity index (χ0v) is 17.0. The highest BCUT2D eigenvalue weighted by molar-refractivity contribution is 6.04. The molecule has 1 unspecified atom stereocenters. The molecule has 0 fully saturated rings. The number of rotatable bonds is 7. The fourth-order valence-corrected chi connectivity index (χ4v) is 2.85. The van der Waals surface area contributed by atoms with Crippen molar-refractivity contribution in [2.24, 2.45) is 5.73 Å². The first-order valence-corrected chi connectivity index (χ1v) is 9.65. The van der Waals surface area contributed by atoms with E-state index in [1.54, 1.807) is 73.1 Å². The van der Waals surface area contributed by atoms with Crippen LogP contribution in [0.5, 0.6) is 0 Å². The third kappa shape index (κ3) is 6.22. The maximum Gasteiger partial charge on any atom is 0.255 e. The quantitative estimate of drug-likeness (QED) is 0.470. The summed E-state index contributed by atoms with van der Waals surface area (Å²) in [6, 6.07) is 16.5. The summed E-state index contributed by atoms with van der Waals surface area (Å²) in [6.07, 6.45) is 3.20. The van der Waals surface area contributed by atoms with Gasteiger partial charge in [0.15, 0.2) is 0 Å². The van der Waals surface area contributed by atoms with Gasteiger partial charge in [0.25, 0.3) is 11.8 Å². The standard InChI is InChI=1S/C23H23N5O3/c1-15(29)27-19-8-6-17(7-9-19)22(30)26-14-21(24)16-2-4-18(5-3-16)23(31)28-20-10-12-25-13-11-20/h2-13,21H,14,24H2,1H3,(H,26,30)(H,27,29)(H,25,28,31). The van der Waals surface area contributed by atoms with Gasteiger partial charge < -0.3 is 21.7 Å². The van der Waals surface area contributed by atoms with E-state index >= 15 is 0 Å². The van der Waals surface area contributed by atoms with Crippen LogP contribution in [0.25, 0.3) is 0 Å². The number of nitrogens with two attached hydrogens (primary N) is 1. The van der Waals surface area contributed by atoms with Gasteiger partial charge in [0, 0.05) is 54.4 Å². The predicted molar refractivity (Wildman–Crippen MR) is 119 cm³/mol. The number of hydrogen-bond donors (Lipinski definition) is 4. The molecule has 3 amide bonds. The van der Waals surface area contributed by atoms with Gasteiger partial charge in [0.2, 0.25) is 5.91 Å². The number of carbonyl (C=O) groups excluding carboxylic acids is 3. The van der Waals surface area contributed by atoms with Crippen LogP contribution in [0.1, 0.15) is 39.2 Å². The second-order valence-corrected chi connectivity index (χ2v) is 6.89. The summed E-state index contributed by atoms with van der Waals surface area (Å²) in [5.74, 6) is -0.676. The van der Waals surface area contributed by atoms with E-state index in [1.165, 1.54) is 6.92 Å². The normalized spacial score (nSPS) is 11.3. The van der Waals surface area contributed by atoms with Crippen molar-refractivity contribution in [1.82, 2.24) is 10.3 Å². The summed E-state index contributed by atoms with van der Waals surface area (Å²) in [4.78, 5) is 39.6. The molecule has 5 N–H and O–H groups in total. The molecule has 2 aromatic carbocycles. The number of hydrogen-bond acceptors (Lipinski definition) is 5. The molecular formula is C23H23N5O3. The van der Waals surface area contributed by atoms with E-state index in [0.29, 0.717) is 22.5 Å². The van der Waals surface area contributed by atoms with Crippen LogP contribution in [0.2, 0.25) is 0 Å². The van der Waals surface area contributed by atoms with Crippen molar-refractivity contribution in [3.05, 3.63) is 89.7 Å². The van der Waals surface area contributed by atoms with Crippen LogP contribution in [0.4, 0.5) is 11.4 Å². The van der Waals surface area contributed by atoms with Gasteiger partial charge in [-0.15, -0.1) is 0 Å². The minimum absolute atomic E-state index is 0.177. The summed E-state index contributed by atoms with van der Waals surface area (Å²) >= 11 is 0. The molecule has 0 saturated carbocycles. The second kappa shape index (κ2) is 10.1. The minimum Gasteiger partial charge on any atom is -0.350 e. The highest BCUT2D eigenvalue weighted by atomic mass is 16.2. The lowest BCUT2D eigenvalue weighted by Gasteiger charge is -2.14. The number of anilines is 2. The maximum absolute atomic E-state index is 12.3. The average Bonchev–Trinajstić information content (AvgIpc) is 2.78. The Hall–Kier alpha value is -4.04. The summed E-state index contributed by atoms with van der Waals surface area (Å²) in [7, 11) is 0. The number of nitrogens with one attached hydrogen (secondary N) is 3. The monoisotopic (exact) mass is 417 g/mol. The molecule has 1 atom stereocenters. The fraction of sp³-hybridized carbons (Fsp3) is 0.130. The van der Waals surface area contributed by atoms with Crippen molar-refractivity contribution < 1.29 is 14.4 Å². The predicted octanol–water partition coefficient (Wildman–Crippen LogP) is 2.72. The third-order valence-corrected chi connectivity index (χ3v) is 4.49. The van der Waals surface area contributed by atoms with Gasteiger partial charge in [0.05, 0.1) is 0 Å². The van der Waals surface area contributed by atoms with Crippen LogP contribution in [-0.2, 0) is 4.79 Å². The zero-order chi connectivity index (χ0) is 22.2. The molecule has 0 aliphatic rings. The van der Waals surface area contributed by atoms with Crippen molar-refractivity contribution in [2.75, 3.05) is 17.2 Å². The summed E-state index contributed by atoms with van der Waals surface area (Å²) in [6.45, 7) is 1.65. The molecule has 0 aliphatic heterocycles. The lowest BCUT2D eigenvalue weighted by molar-refractivity contribution is -0.114. The van der Waals surface area contributed by atoms with Crippen LogP contribution >= 0.6 is 0 Å². The molecular weight excluding hydrogens is 394 g/mol. The second-order valence-electron chi connectivity index (χ2n) is 6.89. The Bertz CT molecular complexity index is 1050. The van der Waals surface area contributed by atoms with Crippen LogP contribution in [0, 0.1) is 0 Å². The van der Waals surface area contributed by atoms with E-state index in [2.05, 4.69) is 20.9 Å². The number of benzene rings is 2. The van der Waals surface area contributed by atoms with Crippen LogP contribution < -0.4 is 21.7 Å². The Morgan fingerprint density at radius 2 is 1.35 bits per heavy atom. The zero-order valence-electron chi connectivity index (χ0n) is 17.0. The number of nitrogens with zero attached hydrogens (tertiary/aromatic N) is 1. The molecule has 8 nitrogen and oxygen atoms in total. The first-order chi connectivity index (χ1) is 14.9. The lowest BCUT2D eigenvalue weighted by Crippen LogP contribution is -2.31. The van der Waals surface area contributed by atoms with Crippen molar-refractivity contribution in [2.45, 2.75) is 13.0 Å². The molecule has 0 bridgehead atoms. The molecule has 158 valence electrons. The smallest absolute Gasteiger partial charge is 0.255 e. The summed E-state index contributed by atoms with van der Waals surface area (Å²) in [5.41, 5.74) is 9.21. The fourth-order valence-electron chi connectivity index (χ4n) is 2.85. The van der Waals surface area contributed by atoms with E-state index in [-0.39, 0.29) is 24.3 Å². The molecule has 0 spiro atoms. The molecule has 0 saturated heterocycles. The number of aromatic nitrogens is 1. The summed E-state index contributed by atoms with van der Waals surface area (Å²) in [5, 5.41) is 8.23. The largest absolute Gasteiger partial charge is 0.350 e. The Kier molecular flexibility index (Phi) is 7.08. The van der Waals surface area contributed by atoms with E-state index in [1.807, 2.05) is 0 Å². The Morgan fingerprint density at radius 3 is 1.97 bits per heavy atom. The van der Waals surface area contributed by atoms with Gasteiger partial charge >= 0.3 is 0 Å². The number of pyridine rings is 1. The van der Waals surface area contributed by atoms with Crippen molar-refractivity contribution in [3.63, 3.8) is 0 Å². The third-order valence-electron chi connectivity index (χ3n) is 4.49. The maximum atomic E-state index is 12.3. The SMILES string of the molecule is CC(=O)Nc1ccc(C(=O)NCC(N)c2ccc(C(=O)Nc3ccncc3)cc2)cc1. The van der Waals surface area contributed by atoms with Gasteiger partial charge in [-0.1, -0.05) is 12.1 Å². The van der Waals surface area contributed by atoms with Crippen molar-refractivity contribution in [1.29, 1.82) is 0 Å². The molecule has 0 aliphatic carbocycles. The average molecular weight is 417 g/mol. The van der Waals surface area contributed by atoms with E-state index < -0.39 is 6.04 Å². The van der Waals surface area contributed by atoms with Crippen LogP contribution in [-0.4, -0.2) is 29.3 Å². The van der Waals surface area contributed by atoms with Gasteiger partial charge in [-0.2, -0.15) is 0 Å². The highest BCUT2D eigenvalue weighted by Gasteiger charge is 2.12. The molecule has 8 heteroatoms. The molecule has 3 rings (SSSR count). The number of amides is 3. The van der Waals surface area contributed by atoms with Crippen LogP contribution in [0.3, 0.4) is 0 Å². The summed E-state index contributed by atoms with van der Waals surface area (Å²) < 4.78 is 0. The number of carbonyl (C=O) groups is 3. The van der Waals surface area contributed by atoms with Gasteiger partial charge in [-0.3, -0.25) is 19.4 Å². The van der Waals surface area contributed by atoms with Gasteiger partial charge in [-0.25, -0.2) is 0 Å². The van der Waals surface area contributed by atoms with Crippen molar-refractivity contribution >= 4 is 29.1 Å². The Balaban J connectivity index is 1.53. The first kappa shape index (κ1) is 21.7. The minimum atomic E-state index is -0.431. The lowest BCUT2D eigenvalue weighted by atomic mass is 10.0. The van der Waals surface area contributed by atoms with Crippen molar-refractivity contribution in [3.8, 4) is 0 Å². The van der Waals surface area contributed by atoms with Crippen LogP contribution in [0.15, 0.2) is 73.1 Å². The molecule has 0 radical (unpaired) electrons. The molecule has 31 heavy (non-hydrogen) atoms. The van der Waals surface area contributed by atoms with E-state index in [9.17, 15) is 14.4 Å². The Labute approximate surface area is 179 Å². The van der Waals surface area contributed by atoms with Gasteiger partial charge in [0.1, 0.15) is 0 Å². The topological polar surface area (TPSA) is 126 Å². The Morgan fingerprint density at radius 1 is 0.806 bits per heavy atom. The van der Waals surface area contributed by atoms with Gasteiger partial charge in [-0.05, 0) is 54.1 Å².